The lowest BCUT2D eigenvalue weighted by molar-refractivity contribution is 0.0447. The largest absolute Gasteiger partial charge is 0.389 e. The van der Waals surface area contributed by atoms with Crippen molar-refractivity contribution < 1.29 is 9.90 Å². The van der Waals surface area contributed by atoms with Gasteiger partial charge in [-0.3, -0.25) is 4.98 Å². The summed E-state index contributed by atoms with van der Waals surface area (Å²) < 4.78 is 0. The molecule has 25 heavy (non-hydrogen) atoms. The van der Waals surface area contributed by atoms with Crippen molar-refractivity contribution in [3.63, 3.8) is 0 Å². The van der Waals surface area contributed by atoms with Crippen LogP contribution in [0.1, 0.15) is 30.5 Å². The molecule has 5 heteroatoms. The minimum absolute atomic E-state index is 0.169. The minimum atomic E-state index is -0.951. The number of nitrogens with zero attached hydrogens (tertiary/aromatic N) is 2. The Labute approximate surface area is 149 Å². The van der Waals surface area contributed by atoms with Crippen LogP contribution in [0.3, 0.4) is 0 Å². The van der Waals surface area contributed by atoms with Gasteiger partial charge in [-0.1, -0.05) is 30.3 Å². The van der Waals surface area contributed by atoms with Crippen LogP contribution < -0.4 is 5.32 Å². The molecule has 0 unspecified atom stereocenters. The molecule has 0 radical (unpaired) electrons. The summed E-state index contributed by atoms with van der Waals surface area (Å²) in [5.74, 6) is 0. The zero-order valence-electron chi connectivity index (χ0n) is 15.2. The number of pyridine rings is 1. The predicted octanol–water partition coefficient (Wildman–Crippen LogP) is 2.92. The van der Waals surface area contributed by atoms with Gasteiger partial charge in [-0.15, -0.1) is 0 Å². The Morgan fingerprint density at radius 1 is 1.24 bits per heavy atom. The number of hydrogen-bond acceptors (Lipinski definition) is 3. The van der Waals surface area contributed by atoms with Crippen LogP contribution in [-0.2, 0) is 13.0 Å². The average Bonchev–Trinajstić information content (AvgIpc) is 2.55. The number of carbonyl (C=O) groups is 1. The second-order valence-electron chi connectivity index (χ2n) is 6.94. The van der Waals surface area contributed by atoms with E-state index in [1.807, 2.05) is 49.5 Å². The molecule has 0 aliphatic heterocycles. The van der Waals surface area contributed by atoms with Gasteiger partial charge in [0.25, 0.3) is 0 Å². The lowest BCUT2D eigenvalue weighted by Crippen LogP contribution is -2.46. The lowest BCUT2D eigenvalue weighted by Gasteiger charge is -2.29. The Morgan fingerprint density at radius 2 is 1.96 bits per heavy atom. The maximum atomic E-state index is 12.6. The Hall–Kier alpha value is -2.40. The molecule has 2 aromatic rings. The van der Waals surface area contributed by atoms with Crippen molar-refractivity contribution in [1.82, 2.24) is 15.2 Å². The molecule has 2 amide bonds. The summed E-state index contributed by atoms with van der Waals surface area (Å²) in [6, 6.07) is 11.6. The second-order valence-corrected chi connectivity index (χ2v) is 6.94. The van der Waals surface area contributed by atoms with Crippen LogP contribution in [0, 0.1) is 6.92 Å². The number of nitrogens with one attached hydrogen (secondary N) is 1. The van der Waals surface area contributed by atoms with Crippen molar-refractivity contribution in [2.24, 2.45) is 0 Å². The number of hydrogen-bond donors (Lipinski definition) is 2. The molecule has 1 heterocycles. The van der Waals surface area contributed by atoms with Gasteiger partial charge < -0.3 is 15.3 Å². The average molecular weight is 341 g/mol. The molecule has 134 valence electrons. The van der Waals surface area contributed by atoms with Crippen LogP contribution in [-0.4, -0.2) is 39.7 Å². The van der Waals surface area contributed by atoms with Crippen molar-refractivity contribution in [2.45, 2.75) is 39.3 Å². The maximum Gasteiger partial charge on any atom is 0.317 e. The van der Waals surface area contributed by atoms with Crippen LogP contribution >= 0.6 is 0 Å². The molecule has 0 bridgehead atoms. The summed E-state index contributed by atoms with van der Waals surface area (Å²) in [6.07, 6.45) is 4.34. The molecule has 1 aromatic carbocycles. The highest BCUT2D eigenvalue weighted by Gasteiger charge is 2.22. The van der Waals surface area contributed by atoms with Gasteiger partial charge >= 0.3 is 6.03 Å². The summed E-state index contributed by atoms with van der Waals surface area (Å²) in [4.78, 5) is 18.3. The monoisotopic (exact) mass is 341 g/mol. The van der Waals surface area contributed by atoms with Crippen molar-refractivity contribution >= 4 is 6.03 Å². The highest BCUT2D eigenvalue weighted by Crippen LogP contribution is 2.11. The van der Waals surface area contributed by atoms with Crippen molar-refractivity contribution in [1.29, 1.82) is 0 Å². The van der Waals surface area contributed by atoms with E-state index >= 15 is 0 Å². The van der Waals surface area contributed by atoms with Crippen molar-refractivity contribution in [3.8, 4) is 0 Å². The number of aryl methyl sites for hydroxylation is 1. The molecule has 2 rings (SSSR count). The topological polar surface area (TPSA) is 65.5 Å². The fourth-order valence-corrected chi connectivity index (χ4v) is 2.67. The van der Waals surface area contributed by atoms with E-state index in [4.69, 9.17) is 0 Å². The third-order valence-corrected chi connectivity index (χ3v) is 3.89. The van der Waals surface area contributed by atoms with Crippen molar-refractivity contribution in [2.75, 3.05) is 13.1 Å². The molecule has 5 nitrogen and oxygen atoms in total. The van der Waals surface area contributed by atoms with Crippen LogP contribution in [0.25, 0.3) is 0 Å². The standard InChI is InChI=1S/C20H27N3O2/c1-16-13-21-11-9-18(16)10-12-22-19(24)23(15-20(2,3)25)14-17-7-5-4-6-8-17/h4-9,11,13,25H,10,12,14-15H2,1-3H3,(H,22,24). The van der Waals surface area contributed by atoms with Gasteiger partial charge in [0.05, 0.1) is 12.1 Å². The Balaban J connectivity index is 1.96. The lowest BCUT2D eigenvalue weighted by atomic mass is 10.1. The molecule has 0 atom stereocenters. The van der Waals surface area contributed by atoms with Gasteiger partial charge in [-0.25, -0.2) is 4.79 Å². The van der Waals surface area contributed by atoms with E-state index in [2.05, 4.69) is 10.3 Å². The second kappa shape index (κ2) is 8.62. The summed E-state index contributed by atoms with van der Waals surface area (Å²) in [7, 11) is 0. The van der Waals surface area contributed by atoms with E-state index < -0.39 is 5.60 Å². The molecule has 0 spiro atoms. The normalized spacial score (nSPS) is 11.2. The van der Waals surface area contributed by atoms with Gasteiger partial charge in [0.1, 0.15) is 0 Å². The predicted molar refractivity (Wildman–Crippen MR) is 99.2 cm³/mol. The van der Waals surface area contributed by atoms with E-state index in [9.17, 15) is 9.90 Å². The zero-order chi connectivity index (χ0) is 18.3. The Bertz CT molecular complexity index is 681. The van der Waals surface area contributed by atoms with Gasteiger partial charge in [0, 0.05) is 25.5 Å². The summed E-state index contributed by atoms with van der Waals surface area (Å²) in [5, 5.41) is 13.1. The number of benzene rings is 1. The quantitative estimate of drug-likeness (QED) is 0.814. The number of amides is 2. The molecular formula is C20H27N3O2. The number of aromatic nitrogens is 1. The van der Waals surface area contributed by atoms with Gasteiger partial charge in [0.2, 0.25) is 0 Å². The summed E-state index contributed by atoms with van der Waals surface area (Å²) in [5.41, 5.74) is 2.38. The molecular weight excluding hydrogens is 314 g/mol. The maximum absolute atomic E-state index is 12.6. The fourth-order valence-electron chi connectivity index (χ4n) is 2.67. The number of carbonyl (C=O) groups excluding carboxylic acids is 1. The molecule has 2 N–H and O–H groups in total. The van der Waals surface area contributed by atoms with Gasteiger partial charge in [0.15, 0.2) is 0 Å². The van der Waals surface area contributed by atoms with Gasteiger partial charge in [-0.2, -0.15) is 0 Å². The molecule has 0 aliphatic rings. The number of rotatable bonds is 7. The van der Waals surface area contributed by atoms with E-state index in [0.29, 0.717) is 13.1 Å². The third-order valence-electron chi connectivity index (χ3n) is 3.89. The highest BCUT2D eigenvalue weighted by atomic mass is 16.3. The van der Waals surface area contributed by atoms with Crippen LogP contribution in [0.2, 0.25) is 0 Å². The first kappa shape index (κ1) is 18.9. The van der Waals surface area contributed by atoms with Crippen LogP contribution in [0.15, 0.2) is 48.8 Å². The zero-order valence-corrected chi connectivity index (χ0v) is 15.2. The Kier molecular flexibility index (Phi) is 6.53. The first-order chi connectivity index (χ1) is 11.8. The SMILES string of the molecule is Cc1cnccc1CCNC(=O)N(Cc1ccccc1)CC(C)(C)O. The number of urea groups is 1. The first-order valence-corrected chi connectivity index (χ1v) is 8.54. The molecule has 1 aromatic heterocycles. The van der Waals surface area contributed by atoms with Gasteiger partial charge in [-0.05, 0) is 49.9 Å². The molecule has 0 fully saturated rings. The Morgan fingerprint density at radius 3 is 2.60 bits per heavy atom. The van der Waals surface area contributed by atoms with E-state index in [0.717, 1.165) is 17.5 Å². The molecule has 0 saturated carbocycles. The molecule has 0 aliphatic carbocycles. The fraction of sp³-hybridized carbons (Fsp3) is 0.400. The molecule has 0 saturated heterocycles. The number of aliphatic hydroxyl groups is 1. The highest BCUT2D eigenvalue weighted by molar-refractivity contribution is 5.74. The van der Waals surface area contributed by atoms with E-state index in [1.165, 1.54) is 5.56 Å². The summed E-state index contributed by atoms with van der Waals surface area (Å²) >= 11 is 0. The van der Waals surface area contributed by atoms with E-state index in [-0.39, 0.29) is 12.6 Å². The smallest absolute Gasteiger partial charge is 0.317 e. The van der Waals surface area contributed by atoms with E-state index in [1.54, 1.807) is 24.9 Å². The van der Waals surface area contributed by atoms with Crippen molar-refractivity contribution in [3.05, 3.63) is 65.5 Å². The minimum Gasteiger partial charge on any atom is -0.389 e. The summed E-state index contributed by atoms with van der Waals surface area (Å²) in [6.45, 7) is 6.70. The van der Waals surface area contributed by atoms with Crippen LogP contribution in [0.4, 0.5) is 4.79 Å². The van der Waals surface area contributed by atoms with Crippen LogP contribution in [0.5, 0.6) is 0 Å². The first-order valence-electron chi connectivity index (χ1n) is 8.54. The third kappa shape index (κ3) is 6.55.